The van der Waals surface area contributed by atoms with Gasteiger partial charge in [-0.25, -0.2) is 4.79 Å². The number of ether oxygens (including phenoxy) is 1. The van der Waals surface area contributed by atoms with Crippen molar-refractivity contribution >= 4 is 29.1 Å². The van der Waals surface area contributed by atoms with E-state index >= 15 is 0 Å². The van der Waals surface area contributed by atoms with Gasteiger partial charge >= 0.3 is 6.03 Å². The van der Waals surface area contributed by atoms with Crippen LogP contribution in [0.1, 0.15) is 6.92 Å². The zero-order chi connectivity index (χ0) is 13.7. The molecule has 3 amide bonds. The van der Waals surface area contributed by atoms with Crippen LogP contribution in [-0.2, 0) is 9.53 Å². The van der Waals surface area contributed by atoms with Crippen LogP contribution in [0.5, 0.6) is 0 Å². The van der Waals surface area contributed by atoms with Crippen molar-refractivity contribution in [3.8, 4) is 0 Å². The molecular weight excluding hydrogens is 256 g/mol. The van der Waals surface area contributed by atoms with Gasteiger partial charge in [0.1, 0.15) is 11.1 Å². The predicted octanol–water partition coefficient (Wildman–Crippen LogP) is -1.18. The third-order valence-electron chi connectivity index (χ3n) is 2.81. The number of imide groups is 1. The summed E-state index contributed by atoms with van der Waals surface area (Å²) in [5, 5.41) is 4.56. The zero-order valence-corrected chi connectivity index (χ0v) is 11.3. The van der Waals surface area contributed by atoms with Crippen molar-refractivity contribution in [2.75, 3.05) is 26.7 Å². The van der Waals surface area contributed by atoms with Crippen molar-refractivity contribution in [1.29, 1.82) is 0 Å². The van der Waals surface area contributed by atoms with E-state index in [2.05, 4.69) is 10.6 Å². The van der Waals surface area contributed by atoms with Crippen molar-refractivity contribution < 1.29 is 14.3 Å². The Balaban J connectivity index is 2.55. The highest BCUT2D eigenvalue weighted by Crippen LogP contribution is 2.09. The Morgan fingerprint density at radius 1 is 1.56 bits per heavy atom. The van der Waals surface area contributed by atoms with Gasteiger partial charge in [0.2, 0.25) is 5.91 Å². The highest BCUT2D eigenvalue weighted by Gasteiger charge is 2.29. The molecule has 18 heavy (non-hydrogen) atoms. The van der Waals surface area contributed by atoms with Crippen molar-refractivity contribution in [2.24, 2.45) is 5.73 Å². The Morgan fingerprint density at radius 3 is 2.78 bits per heavy atom. The fourth-order valence-electron chi connectivity index (χ4n) is 1.64. The summed E-state index contributed by atoms with van der Waals surface area (Å²) >= 11 is 4.87. The second-order valence-corrected chi connectivity index (χ2v) is 4.47. The molecule has 4 N–H and O–H groups in total. The molecule has 2 unspecified atom stereocenters. The van der Waals surface area contributed by atoms with E-state index in [1.54, 1.807) is 6.92 Å². The molecule has 0 spiro atoms. The van der Waals surface area contributed by atoms with Crippen LogP contribution in [0.25, 0.3) is 0 Å². The van der Waals surface area contributed by atoms with Gasteiger partial charge in [-0.15, -0.1) is 0 Å². The van der Waals surface area contributed by atoms with Gasteiger partial charge in [0.25, 0.3) is 0 Å². The predicted molar refractivity (Wildman–Crippen MR) is 70.2 cm³/mol. The molecule has 1 aliphatic heterocycles. The number of amides is 3. The first kappa shape index (κ1) is 14.8. The summed E-state index contributed by atoms with van der Waals surface area (Å²) in [7, 11) is 1.45. The van der Waals surface area contributed by atoms with Crippen LogP contribution >= 0.6 is 12.2 Å². The molecule has 1 aliphatic rings. The molecule has 2 atom stereocenters. The maximum atomic E-state index is 11.8. The Kier molecular flexibility index (Phi) is 5.45. The lowest BCUT2D eigenvalue weighted by atomic mass is 10.2. The van der Waals surface area contributed by atoms with Gasteiger partial charge < -0.3 is 15.8 Å². The number of nitrogens with one attached hydrogen (secondary N) is 2. The highest BCUT2D eigenvalue weighted by atomic mass is 32.1. The second-order valence-electron chi connectivity index (χ2n) is 4.00. The summed E-state index contributed by atoms with van der Waals surface area (Å²) in [6, 6.07) is -0.964. The van der Waals surface area contributed by atoms with Gasteiger partial charge in [-0.1, -0.05) is 12.2 Å². The summed E-state index contributed by atoms with van der Waals surface area (Å²) < 4.78 is 5.38. The molecule has 1 saturated heterocycles. The van der Waals surface area contributed by atoms with Crippen LogP contribution < -0.4 is 16.4 Å². The van der Waals surface area contributed by atoms with Gasteiger partial charge in [0.15, 0.2) is 0 Å². The van der Waals surface area contributed by atoms with E-state index in [0.29, 0.717) is 19.7 Å². The molecule has 1 rings (SSSR count). The number of nitrogens with two attached hydrogens (primary N) is 1. The summed E-state index contributed by atoms with van der Waals surface area (Å²) in [6.07, 6.45) is -0.344. The lowest BCUT2D eigenvalue weighted by Crippen LogP contribution is -2.55. The molecule has 1 heterocycles. The minimum Gasteiger partial charge on any atom is -0.391 e. The Bertz CT molecular complexity index is 350. The number of thiocarbonyl (C=S) groups is 1. The second kappa shape index (κ2) is 6.62. The number of carbonyl (C=O) groups is 2. The molecule has 1 fully saturated rings. The average Bonchev–Trinajstić information content (AvgIpc) is 2.37. The molecule has 102 valence electrons. The number of nitrogens with zero attached hydrogens (tertiary/aromatic N) is 1. The van der Waals surface area contributed by atoms with Gasteiger partial charge in [-0.2, -0.15) is 0 Å². The monoisotopic (exact) mass is 274 g/mol. The SMILES string of the molecule is CNC(=O)NC(=O)C(C)N1CCOC(C(N)=S)C1. The van der Waals surface area contributed by atoms with Gasteiger partial charge in [-0.3, -0.25) is 15.0 Å². The topological polar surface area (TPSA) is 96.7 Å². The third kappa shape index (κ3) is 3.90. The van der Waals surface area contributed by atoms with Crippen LogP contribution in [0.3, 0.4) is 0 Å². The molecule has 7 nitrogen and oxygen atoms in total. The van der Waals surface area contributed by atoms with Gasteiger partial charge in [0, 0.05) is 20.1 Å². The molecule has 0 bridgehead atoms. The molecule has 0 radical (unpaired) electrons. The zero-order valence-electron chi connectivity index (χ0n) is 10.4. The lowest BCUT2D eigenvalue weighted by Gasteiger charge is -2.35. The Labute approximate surface area is 111 Å². The van der Waals surface area contributed by atoms with Crippen molar-refractivity contribution in [3.63, 3.8) is 0 Å². The van der Waals surface area contributed by atoms with E-state index in [-0.39, 0.29) is 17.0 Å². The summed E-state index contributed by atoms with van der Waals surface area (Å²) in [6.45, 7) is 3.24. The van der Waals surface area contributed by atoms with E-state index in [4.69, 9.17) is 22.7 Å². The fourth-order valence-corrected chi connectivity index (χ4v) is 1.78. The number of hydrogen-bond acceptors (Lipinski definition) is 5. The van der Waals surface area contributed by atoms with Crippen molar-refractivity contribution in [3.05, 3.63) is 0 Å². The lowest BCUT2D eigenvalue weighted by molar-refractivity contribution is -0.126. The standard InChI is InChI=1S/C10H18N4O3S/c1-6(9(15)13-10(16)12-2)14-3-4-17-7(5-14)8(11)18/h6-7H,3-5H2,1-2H3,(H2,11,18)(H2,12,13,15,16). The van der Waals surface area contributed by atoms with Crippen molar-refractivity contribution in [1.82, 2.24) is 15.5 Å². The molecule has 0 aromatic heterocycles. The molecule has 0 aromatic carbocycles. The van der Waals surface area contributed by atoms with Gasteiger partial charge in [-0.05, 0) is 6.92 Å². The number of morpholine rings is 1. The maximum absolute atomic E-state index is 11.8. The van der Waals surface area contributed by atoms with Crippen LogP contribution in [0, 0.1) is 0 Å². The number of rotatable bonds is 3. The van der Waals surface area contributed by atoms with E-state index in [9.17, 15) is 9.59 Å². The number of urea groups is 1. The van der Waals surface area contributed by atoms with Crippen LogP contribution in [0.4, 0.5) is 4.79 Å². The fraction of sp³-hybridized carbons (Fsp3) is 0.700. The Morgan fingerprint density at radius 2 is 2.22 bits per heavy atom. The average molecular weight is 274 g/mol. The molecule has 0 saturated carbocycles. The first-order valence-corrected chi connectivity index (χ1v) is 6.04. The normalized spacial score (nSPS) is 22.0. The van der Waals surface area contributed by atoms with E-state index in [1.165, 1.54) is 7.05 Å². The first-order chi connectivity index (χ1) is 8.45. The minimum absolute atomic E-state index is 0.276. The molecular formula is C10H18N4O3S. The summed E-state index contributed by atoms with van der Waals surface area (Å²) in [5.74, 6) is -0.363. The maximum Gasteiger partial charge on any atom is 0.321 e. The van der Waals surface area contributed by atoms with E-state index in [0.717, 1.165) is 0 Å². The Hall–Kier alpha value is -1.25. The largest absolute Gasteiger partial charge is 0.391 e. The highest BCUT2D eigenvalue weighted by molar-refractivity contribution is 7.80. The van der Waals surface area contributed by atoms with E-state index < -0.39 is 12.1 Å². The van der Waals surface area contributed by atoms with Crippen LogP contribution in [0.2, 0.25) is 0 Å². The number of hydrogen-bond donors (Lipinski definition) is 3. The molecule has 0 aromatic rings. The number of carbonyl (C=O) groups excluding carboxylic acids is 2. The van der Waals surface area contributed by atoms with Crippen LogP contribution in [-0.4, -0.2) is 60.7 Å². The van der Waals surface area contributed by atoms with Gasteiger partial charge in [0.05, 0.1) is 12.6 Å². The smallest absolute Gasteiger partial charge is 0.321 e. The quantitative estimate of drug-likeness (QED) is 0.560. The van der Waals surface area contributed by atoms with E-state index in [1.807, 2.05) is 4.90 Å². The molecule has 8 heteroatoms. The first-order valence-electron chi connectivity index (χ1n) is 5.63. The summed E-state index contributed by atoms with van der Waals surface area (Å²) in [5.41, 5.74) is 5.52. The minimum atomic E-state index is -0.522. The van der Waals surface area contributed by atoms with Crippen molar-refractivity contribution in [2.45, 2.75) is 19.1 Å². The molecule has 0 aliphatic carbocycles. The third-order valence-corrected chi connectivity index (χ3v) is 3.07. The summed E-state index contributed by atoms with van der Waals surface area (Å²) in [4.78, 5) is 25.0. The van der Waals surface area contributed by atoms with Crippen LogP contribution in [0.15, 0.2) is 0 Å².